The Bertz CT molecular complexity index is 789. The van der Waals surface area contributed by atoms with E-state index < -0.39 is 10.5 Å². The molecule has 0 aliphatic carbocycles. The predicted octanol–water partition coefficient (Wildman–Crippen LogP) is 1.13. The highest BCUT2D eigenvalue weighted by atomic mass is 16.6. The van der Waals surface area contributed by atoms with Gasteiger partial charge in [-0.25, -0.2) is 0 Å². The van der Waals surface area contributed by atoms with E-state index >= 15 is 0 Å². The highest BCUT2D eigenvalue weighted by Crippen LogP contribution is 2.09. The standard InChI is InChI=1S/C17H20N4O4/c18-9-4-10-19(11-14-5-2-1-3-6-14)17(23)13-20-12-15(21(24)25)7-8-16(20)22/h1-3,5-8,12H,4,9-11,13,18H2. The van der Waals surface area contributed by atoms with Gasteiger partial charge in [-0.15, -0.1) is 0 Å². The number of aromatic nitrogens is 1. The highest BCUT2D eigenvalue weighted by Gasteiger charge is 2.16. The topological polar surface area (TPSA) is 111 Å². The van der Waals surface area contributed by atoms with Crippen LogP contribution < -0.4 is 11.3 Å². The molecule has 8 nitrogen and oxygen atoms in total. The minimum Gasteiger partial charge on any atom is -0.337 e. The van der Waals surface area contributed by atoms with E-state index in [0.717, 1.165) is 28.5 Å². The van der Waals surface area contributed by atoms with Gasteiger partial charge in [0, 0.05) is 25.2 Å². The summed E-state index contributed by atoms with van der Waals surface area (Å²) >= 11 is 0. The molecule has 0 saturated carbocycles. The van der Waals surface area contributed by atoms with Gasteiger partial charge in [-0.1, -0.05) is 30.3 Å². The summed E-state index contributed by atoms with van der Waals surface area (Å²) in [5.41, 5.74) is 5.80. The fourth-order valence-electron chi connectivity index (χ4n) is 2.37. The average Bonchev–Trinajstić information content (AvgIpc) is 2.61. The molecule has 0 spiro atoms. The molecular weight excluding hydrogens is 324 g/mol. The second-order valence-corrected chi connectivity index (χ2v) is 5.55. The van der Waals surface area contributed by atoms with Crippen molar-refractivity contribution < 1.29 is 9.72 Å². The molecule has 0 unspecified atom stereocenters. The van der Waals surface area contributed by atoms with E-state index in [0.29, 0.717) is 26.1 Å². The summed E-state index contributed by atoms with van der Waals surface area (Å²) in [6, 6.07) is 11.7. The van der Waals surface area contributed by atoms with E-state index in [9.17, 15) is 19.7 Å². The zero-order valence-corrected chi connectivity index (χ0v) is 13.7. The zero-order valence-electron chi connectivity index (χ0n) is 13.7. The van der Waals surface area contributed by atoms with E-state index in [1.165, 1.54) is 0 Å². The van der Waals surface area contributed by atoms with Crippen LogP contribution in [0.25, 0.3) is 0 Å². The van der Waals surface area contributed by atoms with E-state index in [1.807, 2.05) is 30.3 Å². The van der Waals surface area contributed by atoms with Crippen LogP contribution >= 0.6 is 0 Å². The van der Waals surface area contributed by atoms with Crippen molar-refractivity contribution in [2.24, 2.45) is 5.73 Å². The van der Waals surface area contributed by atoms with Crippen molar-refractivity contribution in [3.63, 3.8) is 0 Å². The van der Waals surface area contributed by atoms with Crippen LogP contribution in [0.4, 0.5) is 5.69 Å². The molecule has 1 heterocycles. The molecule has 2 rings (SSSR count). The first-order valence-corrected chi connectivity index (χ1v) is 7.88. The molecule has 1 aromatic carbocycles. The number of carbonyl (C=O) groups excluding carboxylic acids is 1. The second kappa shape index (κ2) is 8.74. The van der Waals surface area contributed by atoms with Crippen LogP contribution in [0, 0.1) is 10.1 Å². The lowest BCUT2D eigenvalue weighted by molar-refractivity contribution is -0.385. The molecular formula is C17H20N4O4. The molecule has 1 aromatic heterocycles. The van der Waals surface area contributed by atoms with Gasteiger partial charge in [0.2, 0.25) is 5.91 Å². The number of hydrogen-bond donors (Lipinski definition) is 1. The number of hydrogen-bond acceptors (Lipinski definition) is 5. The number of nitrogens with two attached hydrogens (primary N) is 1. The van der Waals surface area contributed by atoms with Gasteiger partial charge in [0.1, 0.15) is 6.54 Å². The summed E-state index contributed by atoms with van der Waals surface area (Å²) in [6.07, 6.45) is 1.71. The third-order valence-electron chi connectivity index (χ3n) is 3.69. The number of rotatable bonds is 8. The van der Waals surface area contributed by atoms with Crippen molar-refractivity contribution >= 4 is 11.6 Å². The maximum atomic E-state index is 12.6. The average molecular weight is 344 g/mol. The Balaban J connectivity index is 2.17. The van der Waals surface area contributed by atoms with Crippen molar-refractivity contribution in [2.45, 2.75) is 19.5 Å². The zero-order chi connectivity index (χ0) is 18.2. The molecule has 0 radical (unpaired) electrons. The van der Waals surface area contributed by atoms with Gasteiger partial charge in [-0.2, -0.15) is 0 Å². The molecule has 1 amide bonds. The van der Waals surface area contributed by atoms with E-state index in [2.05, 4.69) is 0 Å². The molecule has 2 aromatic rings. The first kappa shape index (κ1) is 18.3. The number of amides is 1. The molecule has 0 aliphatic heterocycles. The van der Waals surface area contributed by atoms with E-state index in [-0.39, 0.29) is 18.1 Å². The molecule has 0 atom stereocenters. The molecule has 0 bridgehead atoms. The fraction of sp³-hybridized carbons (Fsp3) is 0.294. The van der Waals surface area contributed by atoms with Gasteiger partial charge in [0.25, 0.3) is 11.2 Å². The smallest absolute Gasteiger partial charge is 0.285 e. The predicted molar refractivity (Wildman–Crippen MR) is 92.9 cm³/mol. The SMILES string of the molecule is NCCCN(Cc1ccccc1)C(=O)Cn1cc([N+](=O)[O-])ccc1=O. The Morgan fingerprint density at radius 1 is 1.20 bits per heavy atom. The van der Waals surface area contributed by atoms with E-state index in [4.69, 9.17) is 5.73 Å². The summed E-state index contributed by atoms with van der Waals surface area (Å²) in [5, 5.41) is 10.8. The number of benzene rings is 1. The van der Waals surface area contributed by atoms with Crippen LogP contribution in [0.5, 0.6) is 0 Å². The van der Waals surface area contributed by atoms with Crippen molar-refractivity contribution in [3.05, 3.63) is 74.7 Å². The molecule has 0 aliphatic rings. The maximum Gasteiger partial charge on any atom is 0.285 e. The lowest BCUT2D eigenvalue weighted by Gasteiger charge is -2.23. The minimum atomic E-state index is -0.601. The van der Waals surface area contributed by atoms with Crippen LogP contribution in [-0.4, -0.2) is 33.4 Å². The largest absolute Gasteiger partial charge is 0.337 e. The fourth-order valence-corrected chi connectivity index (χ4v) is 2.37. The molecule has 8 heteroatoms. The van der Waals surface area contributed by atoms with Crippen molar-refractivity contribution in [2.75, 3.05) is 13.1 Å². The Morgan fingerprint density at radius 3 is 2.56 bits per heavy atom. The Morgan fingerprint density at radius 2 is 1.92 bits per heavy atom. The number of carbonyl (C=O) groups is 1. The summed E-state index contributed by atoms with van der Waals surface area (Å²) in [6.45, 7) is 1.03. The van der Waals surface area contributed by atoms with Gasteiger partial charge in [-0.05, 0) is 18.5 Å². The van der Waals surface area contributed by atoms with Crippen LogP contribution in [0.15, 0.2) is 53.5 Å². The van der Waals surface area contributed by atoms with Gasteiger partial charge in [0.15, 0.2) is 0 Å². The molecule has 0 saturated heterocycles. The van der Waals surface area contributed by atoms with Gasteiger partial charge < -0.3 is 10.6 Å². The van der Waals surface area contributed by atoms with Crippen LogP contribution in [0.3, 0.4) is 0 Å². The summed E-state index contributed by atoms with van der Waals surface area (Å²) in [7, 11) is 0. The first-order valence-electron chi connectivity index (χ1n) is 7.88. The van der Waals surface area contributed by atoms with Crippen molar-refractivity contribution in [1.82, 2.24) is 9.47 Å². The van der Waals surface area contributed by atoms with Gasteiger partial charge >= 0.3 is 0 Å². The maximum absolute atomic E-state index is 12.6. The quantitative estimate of drug-likeness (QED) is 0.570. The summed E-state index contributed by atoms with van der Waals surface area (Å²) in [4.78, 5) is 36.3. The van der Waals surface area contributed by atoms with Crippen LogP contribution in [-0.2, 0) is 17.9 Å². The van der Waals surface area contributed by atoms with Gasteiger partial charge in [-0.3, -0.25) is 24.3 Å². The Kier molecular flexibility index (Phi) is 6.41. The number of nitrogens with zero attached hydrogens (tertiary/aromatic N) is 3. The minimum absolute atomic E-state index is 0.232. The monoisotopic (exact) mass is 344 g/mol. The molecule has 25 heavy (non-hydrogen) atoms. The van der Waals surface area contributed by atoms with Crippen LogP contribution in [0.2, 0.25) is 0 Å². The lowest BCUT2D eigenvalue weighted by Crippen LogP contribution is -2.37. The number of nitro groups is 1. The van der Waals surface area contributed by atoms with Crippen molar-refractivity contribution in [1.29, 1.82) is 0 Å². The Labute approximate surface area is 144 Å². The van der Waals surface area contributed by atoms with Crippen LogP contribution in [0.1, 0.15) is 12.0 Å². The molecule has 2 N–H and O–H groups in total. The van der Waals surface area contributed by atoms with E-state index in [1.54, 1.807) is 4.90 Å². The lowest BCUT2D eigenvalue weighted by atomic mass is 10.2. The third-order valence-corrected chi connectivity index (χ3v) is 3.69. The Hall–Kier alpha value is -3.00. The normalized spacial score (nSPS) is 10.4. The van der Waals surface area contributed by atoms with Crippen molar-refractivity contribution in [3.8, 4) is 0 Å². The third kappa shape index (κ3) is 5.25. The molecule has 0 fully saturated rings. The number of pyridine rings is 1. The summed E-state index contributed by atoms with van der Waals surface area (Å²) in [5.74, 6) is -0.292. The first-order chi connectivity index (χ1) is 12.0. The summed E-state index contributed by atoms with van der Waals surface area (Å²) < 4.78 is 1.06. The van der Waals surface area contributed by atoms with Gasteiger partial charge in [0.05, 0.1) is 11.1 Å². The highest BCUT2D eigenvalue weighted by molar-refractivity contribution is 5.76. The second-order valence-electron chi connectivity index (χ2n) is 5.55. The molecule has 132 valence electrons.